The zero-order valence-corrected chi connectivity index (χ0v) is 10.6. The van der Waals surface area contributed by atoms with Gasteiger partial charge in [-0.3, -0.25) is 4.90 Å². The van der Waals surface area contributed by atoms with E-state index in [2.05, 4.69) is 22.0 Å². The number of aromatic nitrogens is 2. The van der Waals surface area contributed by atoms with Crippen LogP contribution in [0, 0.1) is 5.92 Å². The molecule has 1 aliphatic rings. The molecule has 1 aromatic heterocycles. The molecule has 1 saturated heterocycles. The van der Waals surface area contributed by atoms with Crippen molar-refractivity contribution in [2.24, 2.45) is 11.7 Å². The van der Waals surface area contributed by atoms with Crippen LogP contribution in [0.5, 0.6) is 0 Å². The minimum absolute atomic E-state index is 0.701. The lowest BCUT2D eigenvalue weighted by Crippen LogP contribution is -2.35. The van der Waals surface area contributed by atoms with Crippen molar-refractivity contribution in [2.75, 3.05) is 19.6 Å². The van der Waals surface area contributed by atoms with Crippen molar-refractivity contribution in [3.05, 3.63) is 11.7 Å². The van der Waals surface area contributed by atoms with Gasteiger partial charge in [0, 0.05) is 6.42 Å². The fourth-order valence-electron chi connectivity index (χ4n) is 2.25. The van der Waals surface area contributed by atoms with Crippen LogP contribution >= 0.6 is 0 Å². The minimum atomic E-state index is 0.701. The van der Waals surface area contributed by atoms with E-state index < -0.39 is 0 Å². The van der Waals surface area contributed by atoms with Gasteiger partial charge in [-0.1, -0.05) is 12.1 Å². The van der Waals surface area contributed by atoms with Crippen LogP contribution in [-0.2, 0) is 13.0 Å². The first-order chi connectivity index (χ1) is 8.31. The van der Waals surface area contributed by atoms with Crippen LogP contribution in [0.1, 0.15) is 37.9 Å². The van der Waals surface area contributed by atoms with Crippen LogP contribution in [0.3, 0.4) is 0 Å². The molecule has 0 amide bonds. The van der Waals surface area contributed by atoms with Gasteiger partial charge in [0.2, 0.25) is 5.89 Å². The van der Waals surface area contributed by atoms with Crippen molar-refractivity contribution >= 4 is 0 Å². The van der Waals surface area contributed by atoms with E-state index in [1.807, 2.05) is 0 Å². The number of aryl methyl sites for hydroxylation is 1. The van der Waals surface area contributed by atoms with Crippen molar-refractivity contribution in [2.45, 2.75) is 39.2 Å². The van der Waals surface area contributed by atoms with E-state index in [-0.39, 0.29) is 0 Å². The van der Waals surface area contributed by atoms with Gasteiger partial charge < -0.3 is 10.3 Å². The lowest BCUT2D eigenvalue weighted by molar-refractivity contribution is 0.175. The molecule has 2 rings (SSSR count). The highest BCUT2D eigenvalue weighted by Gasteiger charge is 2.19. The molecular formula is C12H22N4O. The molecule has 0 radical (unpaired) electrons. The average Bonchev–Trinajstić information content (AvgIpc) is 2.78. The van der Waals surface area contributed by atoms with Crippen molar-refractivity contribution in [3.63, 3.8) is 0 Å². The van der Waals surface area contributed by atoms with E-state index in [9.17, 15) is 0 Å². The molecule has 5 nitrogen and oxygen atoms in total. The van der Waals surface area contributed by atoms with Gasteiger partial charge in [0.05, 0.1) is 6.54 Å². The number of nitrogens with two attached hydrogens (primary N) is 1. The Morgan fingerprint density at radius 1 is 1.41 bits per heavy atom. The first kappa shape index (κ1) is 12.5. The fourth-order valence-corrected chi connectivity index (χ4v) is 2.25. The SMILES string of the molecule is CCCc1nc(CN2CCC(CN)CC2)no1. The molecule has 0 saturated carbocycles. The number of nitrogens with zero attached hydrogens (tertiary/aromatic N) is 3. The van der Waals surface area contributed by atoms with Crippen LogP contribution in [0.25, 0.3) is 0 Å². The van der Waals surface area contributed by atoms with Gasteiger partial charge >= 0.3 is 0 Å². The summed E-state index contributed by atoms with van der Waals surface area (Å²) in [6.07, 6.45) is 4.30. The van der Waals surface area contributed by atoms with Gasteiger partial charge in [-0.15, -0.1) is 0 Å². The summed E-state index contributed by atoms with van der Waals surface area (Å²) in [7, 11) is 0. The quantitative estimate of drug-likeness (QED) is 0.834. The first-order valence-corrected chi connectivity index (χ1v) is 6.55. The summed E-state index contributed by atoms with van der Waals surface area (Å²) in [5.41, 5.74) is 5.68. The molecule has 1 aliphatic heterocycles. The highest BCUT2D eigenvalue weighted by molar-refractivity contribution is 4.87. The molecule has 2 heterocycles. The van der Waals surface area contributed by atoms with Gasteiger partial charge in [-0.05, 0) is 44.8 Å². The topological polar surface area (TPSA) is 68.2 Å². The van der Waals surface area contributed by atoms with Gasteiger partial charge in [-0.2, -0.15) is 4.98 Å². The molecule has 1 fully saturated rings. The molecule has 0 bridgehead atoms. The van der Waals surface area contributed by atoms with Crippen molar-refractivity contribution in [1.82, 2.24) is 15.0 Å². The average molecular weight is 238 g/mol. The van der Waals surface area contributed by atoms with Crippen LogP contribution in [0.15, 0.2) is 4.52 Å². The van der Waals surface area contributed by atoms with E-state index >= 15 is 0 Å². The van der Waals surface area contributed by atoms with Gasteiger partial charge in [0.25, 0.3) is 0 Å². The van der Waals surface area contributed by atoms with Crippen LogP contribution in [-0.4, -0.2) is 34.7 Å². The molecular weight excluding hydrogens is 216 g/mol. The number of hydrogen-bond donors (Lipinski definition) is 1. The number of hydrogen-bond acceptors (Lipinski definition) is 5. The predicted molar refractivity (Wildman–Crippen MR) is 65.3 cm³/mol. The largest absolute Gasteiger partial charge is 0.339 e. The fraction of sp³-hybridized carbons (Fsp3) is 0.833. The molecule has 0 unspecified atom stereocenters. The Balaban J connectivity index is 1.80. The highest BCUT2D eigenvalue weighted by Crippen LogP contribution is 2.17. The van der Waals surface area contributed by atoms with Crippen molar-refractivity contribution in [3.8, 4) is 0 Å². The molecule has 2 N–H and O–H groups in total. The van der Waals surface area contributed by atoms with E-state index in [1.54, 1.807) is 0 Å². The number of piperidine rings is 1. The van der Waals surface area contributed by atoms with E-state index in [0.717, 1.165) is 50.7 Å². The summed E-state index contributed by atoms with van der Waals surface area (Å²) in [6.45, 7) is 5.93. The maximum atomic E-state index is 5.68. The summed E-state index contributed by atoms with van der Waals surface area (Å²) in [6, 6.07) is 0. The number of likely N-dealkylation sites (tertiary alicyclic amines) is 1. The maximum Gasteiger partial charge on any atom is 0.226 e. The molecule has 5 heteroatoms. The molecule has 0 atom stereocenters. The zero-order chi connectivity index (χ0) is 12.1. The Morgan fingerprint density at radius 2 is 2.18 bits per heavy atom. The number of rotatable bonds is 5. The van der Waals surface area contributed by atoms with Crippen LogP contribution < -0.4 is 5.73 Å². The lowest BCUT2D eigenvalue weighted by atomic mass is 9.97. The monoisotopic (exact) mass is 238 g/mol. The summed E-state index contributed by atoms with van der Waals surface area (Å²) < 4.78 is 5.18. The smallest absolute Gasteiger partial charge is 0.226 e. The second kappa shape index (κ2) is 6.12. The van der Waals surface area contributed by atoms with Gasteiger partial charge in [0.15, 0.2) is 5.82 Å². The third-order valence-corrected chi connectivity index (χ3v) is 3.38. The summed E-state index contributed by atoms with van der Waals surface area (Å²) in [5, 5.41) is 4.02. The second-order valence-electron chi connectivity index (χ2n) is 4.81. The van der Waals surface area contributed by atoms with E-state index in [0.29, 0.717) is 5.92 Å². The van der Waals surface area contributed by atoms with E-state index in [4.69, 9.17) is 10.3 Å². The molecule has 0 aromatic carbocycles. The Morgan fingerprint density at radius 3 is 2.82 bits per heavy atom. The summed E-state index contributed by atoms with van der Waals surface area (Å²) >= 11 is 0. The lowest BCUT2D eigenvalue weighted by Gasteiger charge is -2.30. The molecule has 17 heavy (non-hydrogen) atoms. The van der Waals surface area contributed by atoms with Crippen LogP contribution in [0.2, 0.25) is 0 Å². The standard InChI is InChI=1S/C12H22N4O/c1-2-3-12-14-11(15-17-12)9-16-6-4-10(8-13)5-7-16/h10H,2-9,13H2,1H3. The zero-order valence-electron chi connectivity index (χ0n) is 10.6. The van der Waals surface area contributed by atoms with Gasteiger partial charge in [-0.25, -0.2) is 0 Å². The molecule has 0 spiro atoms. The Kier molecular flexibility index (Phi) is 4.50. The van der Waals surface area contributed by atoms with E-state index in [1.165, 1.54) is 12.8 Å². The Bertz CT molecular complexity index is 331. The normalized spacial score (nSPS) is 18.7. The van der Waals surface area contributed by atoms with Crippen molar-refractivity contribution in [1.29, 1.82) is 0 Å². The minimum Gasteiger partial charge on any atom is -0.339 e. The molecule has 96 valence electrons. The molecule has 1 aromatic rings. The van der Waals surface area contributed by atoms with Crippen LogP contribution in [0.4, 0.5) is 0 Å². The summed E-state index contributed by atoms with van der Waals surface area (Å²) in [5.74, 6) is 2.28. The highest BCUT2D eigenvalue weighted by atomic mass is 16.5. The van der Waals surface area contributed by atoms with Gasteiger partial charge in [0.1, 0.15) is 0 Å². The summed E-state index contributed by atoms with van der Waals surface area (Å²) in [4.78, 5) is 6.77. The first-order valence-electron chi connectivity index (χ1n) is 6.55. The molecule has 0 aliphatic carbocycles. The third kappa shape index (κ3) is 3.51. The predicted octanol–water partition coefficient (Wildman–Crippen LogP) is 1.19. The Labute approximate surface area is 102 Å². The Hall–Kier alpha value is -0.940. The van der Waals surface area contributed by atoms with Crippen molar-refractivity contribution < 1.29 is 4.52 Å². The maximum absolute atomic E-state index is 5.68. The second-order valence-corrected chi connectivity index (χ2v) is 4.81. The third-order valence-electron chi connectivity index (χ3n) is 3.38.